The molecule has 0 N–H and O–H groups in total. The lowest BCUT2D eigenvalue weighted by atomic mass is 9.81. The van der Waals surface area contributed by atoms with E-state index in [0.29, 0.717) is 0 Å². The van der Waals surface area contributed by atoms with Crippen LogP contribution in [0.3, 0.4) is 0 Å². The molecule has 106 valence electrons. The van der Waals surface area contributed by atoms with Gasteiger partial charge in [0.1, 0.15) is 0 Å². The van der Waals surface area contributed by atoms with Crippen LogP contribution in [0.2, 0.25) is 0 Å². The van der Waals surface area contributed by atoms with Gasteiger partial charge in [-0.25, -0.2) is 0 Å². The molecule has 0 unspecified atom stereocenters. The van der Waals surface area contributed by atoms with Gasteiger partial charge in [-0.15, -0.1) is 0 Å². The minimum absolute atomic E-state index is 0.775. The van der Waals surface area contributed by atoms with Crippen molar-refractivity contribution in [3.63, 3.8) is 0 Å². The minimum atomic E-state index is 0.775. The van der Waals surface area contributed by atoms with E-state index in [2.05, 4.69) is 56.7 Å². The molecule has 1 fully saturated rings. The molecule has 0 heterocycles. The average Bonchev–Trinajstić information content (AvgIpc) is 2.42. The van der Waals surface area contributed by atoms with E-state index in [0.717, 1.165) is 18.1 Å². The van der Waals surface area contributed by atoms with Gasteiger partial charge in [-0.2, -0.15) is 0 Å². The van der Waals surface area contributed by atoms with Crippen LogP contribution in [0.4, 0.5) is 0 Å². The van der Waals surface area contributed by atoms with Gasteiger partial charge in [0.25, 0.3) is 0 Å². The maximum Gasteiger partial charge on any atom is 0.0445 e. The van der Waals surface area contributed by atoms with Crippen LogP contribution < -0.4 is 0 Å². The summed E-state index contributed by atoms with van der Waals surface area (Å²) in [6, 6.07) is 6.59. The molecule has 0 bridgehead atoms. The standard InChI is InChI=1S/C19H25N/c1-5-16-10-17(6-2)12-19(11-16)15(4)20-13-14(3)18-8-7-9-18/h5,10-13,18H,1,6-9H2,2-4H3/b14-13+,20-15?. The fraction of sp³-hybridized carbons (Fsp3) is 0.421. The Kier molecular flexibility index (Phi) is 4.94. The van der Waals surface area contributed by atoms with Crippen molar-refractivity contribution >= 4 is 11.8 Å². The predicted octanol–water partition coefficient (Wildman–Crippen LogP) is 5.40. The first-order valence-electron chi connectivity index (χ1n) is 7.62. The Balaban J connectivity index is 2.22. The monoisotopic (exact) mass is 267 g/mol. The van der Waals surface area contributed by atoms with Gasteiger partial charge in [0.05, 0.1) is 0 Å². The Labute approximate surface area is 123 Å². The first kappa shape index (κ1) is 14.8. The molecule has 1 saturated carbocycles. The van der Waals surface area contributed by atoms with Crippen LogP contribution >= 0.6 is 0 Å². The van der Waals surface area contributed by atoms with Gasteiger partial charge in [0, 0.05) is 11.9 Å². The number of aliphatic imine (C=N–C) groups is 1. The molecule has 2 rings (SSSR count). The van der Waals surface area contributed by atoms with E-state index in [1.165, 1.54) is 41.5 Å². The van der Waals surface area contributed by atoms with Crippen LogP contribution in [0.15, 0.2) is 41.5 Å². The normalized spacial score (nSPS) is 16.9. The van der Waals surface area contributed by atoms with E-state index in [9.17, 15) is 0 Å². The molecule has 0 spiro atoms. The number of nitrogens with zero attached hydrogens (tertiary/aromatic N) is 1. The second kappa shape index (κ2) is 6.69. The van der Waals surface area contributed by atoms with Crippen molar-refractivity contribution in [2.75, 3.05) is 0 Å². The molecular weight excluding hydrogens is 242 g/mol. The van der Waals surface area contributed by atoms with Crippen LogP contribution in [0.5, 0.6) is 0 Å². The number of aryl methyl sites for hydroxylation is 1. The van der Waals surface area contributed by atoms with Gasteiger partial charge in [-0.05, 0) is 67.9 Å². The first-order valence-corrected chi connectivity index (χ1v) is 7.62. The lowest BCUT2D eigenvalue weighted by Crippen LogP contribution is -2.11. The molecule has 0 aromatic heterocycles. The highest BCUT2D eigenvalue weighted by Crippen LogP contribution is 2.32. The van der Waals surface area contributed by atoms with Crippen molar-refractivity contribution in [1.82, 2.24) is 0 Å². The Bertz CT molecular complexity index is 545. The SMILES string of the molecule is C=Cc1cc(CC)cc(C(C)=N/C=C(\C)C2CCC2)c1. The van der Waals surface area contributed by atoms with Crippen LogP contribution in [-0.4, -0.2) is 5.71 Å². The molecule has 1 aromatic carbocycles. The number of hydrogen-bond donors (Lipinski definition) is 0. The van der Waals surface area contributed by atoms with Crippen molar-refractivity contribution < 1.29 is 0 Å². The Morgan fingerprint density at radius 3 is 2.60 bits per heavy atom. The van der Waals surface area contributed by atoms with Crippen molar-refractivity contribution in [1.29, 1.82) is 0 Å². The summed E-state index contributed by atoms with van der Waals surface area (Å²) in [6.45, 7) is 10.3. The van der Waals surface area contributed by atoms with Gasteiger partial charge in [0.2, 0.25) is 0 Å². The Morgan fingerprint density at radius 1 is 1.30 bits per heavy atom. The molecule has 1 aliphatic carbocycles. The number of benzene rings is 1. The molecule has 1 aliphatic rings. The largest absolute Gasteiger partial charge is 0.261 e. The zero-order chi connectivity index (χ0) is 14.5. The smallest absolute Gasteiger partial charge is 0.0445 e. The van der Waals surface area contributed by atoms with E-state index >= 15 is 0 Å². The molecule has 0 radical (unpaired) electrons. The maximum atomic E-state index is 4.67. The van der Waals surface area contributed by atoms with E-state index in [-0.39, 0.29) is 0 Å². The molecular formula is C19H25N. The summed E-state index contributed by atoms with van der Waals surface area (Å²) in [5.41, 5.74) is 6.23. The fourth-order valence-corrected chi connectivity index (χ4v) is 2.49. The zero-order valence-corrected chi connectivity index (χ0v) is 12.9. The third kappa shape index (κ3) is 3.47. The van der Waals surface area contributed by atoms with Gasteiger partial charge < -0.3 is 0 Å². The van der Waals surface area contributed by atoms with E-state index < -0.39 is 0 Å². The van der Waals surface area contributed by atoms with Crippen molar-refractivity contribution in [2.24, 2.45) is 10.9 Å². The maximum absolute atomic E-state index is 4.67. The van der Waals surface area contributed by atoms with Crippen LogP contribution in [-0.2, 0) is 6.42 Å². The highest BCUT2D eigenvalue weighted by Gasteiger charge is 2.18. The highest BCUT2D eigenvalue weighted by atomic mass is 14.7. The second-order valence-electron chi connectivity index (χ2n) is 5.74. The van der Waals surface area contributed by atoms with Gasteiger partial charge in [0.15, 0.2) is 0 Å². The topological polar surface area (TPSA) is 12.4 Å². The number of allylic oxidation sites excluding steroid dienone is 1. The summed E-state index contributed by atoms with van der Waals surface area (Å²) in [6.07, 6.45) is 9.06. The quantitative estimate of drug-likeness (QED) is 0.633. The van der Waals surface area contributed by atoms with Crippen molar-refractivity contribution in [3.8, 4) is 0 Å². The molecule has 1 aromatic rings. The third-order valence-corrected chi connectivity index (χ3v) is 4.29. The summed E-state index contributed by atoms with van der Waals surface area (Å²) >= 11 is 0. The summed E-state index contributed by atoms with van der Waals surface area (Å²) in [7, 11) is 0. The van der Waals surface area contributed by atoms with Gasteiger partial charge in [-0.1, -0.05) is 37.6 Å². The molecule has 0 saturated heterocycles. The van der Waals surface area contributed by atoms with Crippen molar-refractivity contribution in [2.45, 2.75) is 46.5 Å². The van der Waals surface area contributed by atoms with Crippen LogP contribution in [0, 0.1) is 5.92 Å². The highest BCUT2D eigenvalue weighted by molar-refractivity contribution is 5.99. The minimum Gasteiger partial charge on any atom is -0.261 e. The summed E-state index contributed by atoms with van der Waals surface area (Å²) in [5.74, 6) is 0.775. The fourth-order valence-electron chi connectivity index (χ4n) is 2.49. The van der Waals surface area contributed by atoms with Gasteiger partial charge >= 0.3 is 0 Å². The van der Waals surface area contributed by atoms with Crippen LogP contribution in [0.1, 0.15) is 56.7 Å². The zero-order valence-electron chi connectivity index (χ0n) is 12.9. The lowest BCUT2D eigenvalue weighted by molar-refractivity contribution is 0.367. The second-order valence-corrected chi connectivity index (χ2v) is 5.74. The summed E-state index contributed by atoms with van der Waals surface area (Å²) < 4.78 is 0. The molecule has 0 atom stereocenters. The Hall–Kier alpha value is -1.63. The number of rotatable bonds is 5. The third-order valence-electron chi connectivity index (χ3n) is 4.29. The average molecular weight is 267 g/mol. The predicted molar refractivity (Wildman–Crippen MR) is 89.2 cm³/mol. The van der Waals surface area contributed by atoms with E-state index in [4.69, 9.17) is 0 Å². The van der Waals surface area contributed by atoms with Crippen molar-refractivity contribution in [3.05, 3.63) is 53.2 Å². The molecule has 1 heteroatoms. The first-order chi connectivity index (χ1) is 9.63. The summed E-state index contributed by atoms with van der Waals surface area (Å²) in [5, 5.41) is 0. The van der Waals surface area contributed by atoms with E-state index in [1.807, 2.05) is 6.08 Å². The number of hydrogen-bond acceptors (Lipinski definition) is 1. The van der Waals surface area contributed by atoms with E-state index in [1.54, 1.807) is 0 Å². The molecule has 0 aliphatic heterocycles. The van der Waals surface area contributed by atoms with Gasteiger partial charge in [-0.3, -0.25) is 4.99 Å². The Morgan fingerprint density at radius 2 is 2.05 bits per heavy atom. The molecule has 0 amide bonds. The summed E-state index contributed by atoms with van der Waals surface area (Å²) in [4.78, 5) is 4.67. The molecule has 20 heavy (non-hydrogen) atoms. The molecule has 1 nitrogen and oxygen atoms in total. The lowest BCUT2D eigenvalue weighted by Gasteiger charge is -2.25. The van der Waals surface area contributed by atoms with Crippen LogP contribution in [0.25, 0.3) is 6.08 Å².